The monoisotopic (exact) mass is 200 g/mol. The van der Waals surface area contributed by atoms with Crippen LogP contribution in [-0.2, 0) is 0 Å². The number of hydrogen-bond acceptors (Lipinski definition) is 0. The lowest BCUT2D eigenvalue weighted by Crippen LogP contribution is -2.33. The molecule has 0 spiro atoms. The van der Waals surface area contributed by atoms with Gasteiger partial charge in [-0.15, -0.1) is 0 Å². The third kappa shape index (κ3) is 1.99. The van der Waals surface area contributed by atoms with Crippen molar-refractivity contribution in [2.75, 3.05) is 0 Å². The summed E-state index contributed by atoms with van der Waals surface area (Å²) in [6, 6.07) is 8.82. The Morgan fingerprint density at radius 1 is 1.33 bits per heavy atom. The van der Waals surface area contributed by atoms with E-state index in [9.17, 15) is 0 Å². The van der Waals surface area contributed by atoms with Crippen molar-refractivity contribution in [3.05, 3.63) is 34.7 Å². The minimum atomic E-state index is 0.698. The van der Waals surface area contributed by atoms with Crippen LogP contribution in [0.4, 0.5) is 0 Å². The van der Waals surface area contributed by atoms with Gasteiger partial charge >= 0.3 is 0 Å². The molecule has 1 aromatic carbocycles. The average Bonchev–Trinajstić information content (AvgIpc) is 2.26. The Balaban J connectivity index is 2.66. The lowest BCUT2D eigenvalue weighted by Gasteiger charge is -2.21. The highest BCUT2D eigenvalue weighted by Gasteiger charge is 2.14. The molecule has 1 aliphatic rings. The fourth-order valence-corrected chi connectivity index (χ4v) is 2.47. The van der Waals surface area contributed by atoms with Crippen LogP contribution in [0.15, 0.2) is 24.3 Å². The maximum absolute atomic E-state index is 2.40. The lowest BCUT2D eigenvalue weighted by molar-refractivity contribution is 0.650. The van der Waals surface area contributed by atoms with Crippen molar-refractivity contribution in [2.24, 2.45) is 11.8 Å². The first kappa shape index (κ1) is 10.5. The summed E-state index contributed by atoms with van der Waals surface area (Å²) >= 11 is 0. The Morgan fingerprint density at radius 2 is 2.07 bits per heavy atom. The molecular formula is C15H20. The average molecular weight is 200 g/mol. The van der Waals surface area contributed by atoms with Crippen molar-refractivity contribution in [3.8, 4) is 0 Å². The van der Waals surface area contributed by atoms with Crippen molar-refractivity contribution in [1.82, 2.24) is 0 Å². The van der Waals surface area contributed by atoms with E-state index >= 15 is 0 Å². The second kappa shape index (κ2) is 4.22. The fourth-order valence-electron chi connectivity index (χ4n) is 2.47. The minimum absolute atomic E-state index is 0.698. The van der Waals surface area contributed by atoms with Gasteiger partial charge in [0.05, 0.1) is 0 Å². The predicted octanol–water partition coefficient (Wildman–Crippen LogP) is 2.70. The Labute approximate surface area is 92.3 Å². The Kier molecular flexibility index (Phi) is 2.95. The lowest BCUT2D eigenvalue weighted by atomic mass is 9.84. The highest BCUT2D eigenvalue weighted by Crippen LogP contribution is 2.24. The SMILES string of the molecule is CCC(C)C1=c2ccccc2=CC(C)C1. The second-order valence-electron chi connectivity index (χ2n) is 4.77. The highest BCUT2D eigenvalue weighted by molar-refractivity contribution is 5.53. The maximum Gasteiger partial charge on any atom is -0.0192 e. The van der Waals surface area contributed by atoms with E-state index in [-0.39, 0.29) is 0 Å². The molecule has 0 saturated carbocycles. The summed E-state index contributed by atoms with van der Waals surface area (Å²) in [6.45, 7) is 6.95. The quantitative estimate of drug-likeness (QED) is 0.688. The largest absolute Gasteiger partial charge is 0.0735 e. The smallest absolute Gasteiger partial charge is 0.0192 e. The number of hydrogen-bond donors (Lipinski definition) is 0. The van der Waals surface area contributed by atoms with Gasteiger partial charge in [0.1, 0.15) is 0 Å². The summed E-state index contributed by atoms with van der Waals surface area (Å²) in [4.78, 5) is 0. The van der Waals surface area contributed by atoms with Gasteiger partial charge in [-0.2, -0.15) is 0 Å². The fraction of sp³-hybridized carbons (Fsp3) is 0.467. The van der Waals surface area contributed by atoms with Gasteiger partial charge in [-0.25, -0.2) is 0 Å². The van der Waals surface area contributed by atoms with Gasteiger partial charge in [0, 0.05) is 0 Å². The zero-order valence-electron chi connectivity index (χ0n) is 9.96. The summed E-state index contributed by atoms with van der Waals surface area (Å²) in [7, 11) is 0. The molecule has 2 atom stereocenters. The van der Waals surface area contributed by atoms with Gasteiger partial charge in [-0.05, 0) is 35.1 Å². The topological polar surface area (TPSA) is 0 Å². The van der Waals surface area contributed by atoms with Crippen LogP contribution in [0.2, 0.25) is 0 Å². The van der Waals surface area contributed by atoms with Gasteiger partial charge in [0.15, 0.2) is 0 Å². The molecule has 0 fully saturated rings. The normalized spacial score (nSPS) is 21.8. The molecular weight excluding hydrogens is 180 g/mol. The van der Waals surface area contributed by atoms with Crippen LogP contribution in [-0.4, -0.2) is 0 Å². The van der Waals surface area contributed by atoms with Crippen LogP contribution in [0, 0.1) is 11.8 Å². The molecule has 1 aromatic rings. The summed E-state index contributed by atoms with van der Waals surface area (Å²) < 4.78 is 0. The molecule has 0 aromatic heterocycles. The molecule has 0 amide bonds. The molecule has 0 N–H and O–H groups in total. The second-order valence-corrected chi connectivity index (χ2v) is 4.77. The summed E-state index contributed by atoms with van der Waals surface area (Å²) in [5, 5.41) is 2.93. The first-order valence-electron chi connectivity index (χ1n) is 6.02. The van der Waals surface area contributed by atoms with Gasteiger partial charge in [-0.3, -0.25) is 0 Å². The molecule has 0 heterocycles. The number of rotatable bonds is 2. The third-order valence-corrected chi connectivity index (χ3v) is 3.52. The molecule has 0 heteroatoms. The summed E-state index contributed by atoms with van der Waals surface area (Å²) in [6.07, 6.45) is 4.89. The van der Waals surface area contributed by atoms with E-state index in [0.717, 1.165) is 5.92 Å². The van der Waals surface area contributed by atoms with Crippen LogP contribution < -0.4 is 10.4 Å². The first-order chi connectivity index (χ1) is 7.22. The maximum atomic E-state index is 2.40. The zero-order chi connectivity index (χ0) is 10.8. The first-order valence-corrected chi connectivity index (χ1v) is 6.02. The van der Waals surface area contributed by atoms with Gasteiger partial charge in [0.25, 0.3) is 0 Å². The zero-order valence-corrected chi connectivity index (χ0v) is 9.96. The van der Waals surface area contributed by atoms with Crippen LogP contribution in [0.5, 0.6) is 0 Å². The van der Waals surface area contributed by atoms with E-state index in [1.807, 2.05) is 0 Å². The minimum Gasteiger partial charge on any atom is -0.0735 e. The Hall–Kier alpha value is -1.04. The molecule has 2 rings (SSSR count). The molecule has 1 aliphatic carbocycles. The number of fused-ring (bicyclic) bond motifs is 1. The highest BCUT2D eigenvalue weighted by atomic mass is 14.2. The Morgan fingerprint density at radius 3 is 2.80 bits per heavy atom. The molecule has 0 bridgehead atoms. The van der Waals surface area contributed by atoms with Crippen molar-refractivity contribution in [2.45, 2.75) is 33.6 Å². The van der Waals surface area contributed by atoms with E-state index in [2.05, 4.69) is 51.1 Å². The third-order valence-electron chi connectivity index (χ3n) is 3.52. The molecule has 0 radical (unpaired) electrons. The van der Waals surface area contributed by atoms with Crippen molar-refractivity contribution >= 4 is 11.6 Å². The van der Waals surface area contributed by atoms with Crippen LogP contribution in [0.1, 0.15) is 33.6 Å². The Bertz CT molecular complexity index is 453. The van der Waals surface area contributed by atoms with Crippen LogP contribution in [0.3, 0.4) is 0 Å². The number of benzene rings is 1. The predicted molar refractivity (Wildman–Crippen MR) is 66.8 cm³/mol. The van der Waals surface area contributed by atoms with Crippen LogP contribution in [0.25, 0.3) is 11.6 Å². The van der Waals surface area contributed by atoms with Crippen molar-refractivity contribution in [3.63, 3.8) is 0 Å². The molecule has 15 heavy (non-hydrogen) atoms. The van der Waals surface area contributed by atoms with Crippen LogP contribution >= 0.6 is 0 Å². The van der Waals surface area contributed by atoms with E-state index < -0.39 is 0 Å². The van der Waals surface area contributed by atoms with Gasteiger partial charge < -0.3 is 0 Å². The standard InChI is InChI=1S/C15H20/c1-4-12(3)15-10-11(2)9-13-7-5-6-8-14(13)15/h5-9,11-12H,4,10H2,1-3H3. The molecule has 0 nitrogen and oxygen atoms in total. The van der Waals surface area contributed by atoms with E-state index in [4.69, 9.17) is 0 Å². The van der Waals surface area contributed by atoms with E-state index in [0.29, 0.717) is 5.92 Å². The van der Waals surface area contributed by atoms with E-state index in [1.165, 1.54) is 23.3 Å². The van der Waals surface area contributed by atoms with Gasteiger partial charge in [-0.1, -0.05) is 56.7 Å². The molecule has 0 saturated heterocycles. The van der Waals surface area contributed by atoms with Gasteiger partial charge in [0.2, 0.25) is 0 Å². The summed E-state index contributed by atoms with van der Waals surface area (Å²) in [5.74, 6) is 1.42. The molecule has 0 aliphatic heterocycles. The molecule has 80 valence electrons. The summed E-state index contributed by atoms with van der Waals surface area (Å²) in [5.41, 5.74) is 1.66. The van der Waals surface area contributed by atoms with Crippen molar-refractivity contribution in [1.29, 1.82) is 0 Å². The van der Waals surface area contributed by atoms with E-state index in [1.54, 1.807) is 5.57 Å². The van der Waals surface area contributed by atoms with Crippen molar-refractivity contribution < 1.29 is 0 Å². The molecule has 2 unspecified atom stereocenters.